The SMILES string of the molecule is CCCCCC(=O)C=CCC(=O)CCC(=O)CCCC1CCC(=O)O1. The summed E-state index contributed by atoms with van der Waals surface area (Å²) < 4.78 is 5.10. The molecule has 0 bridgehead atoms. The first kappa shape index (κ1) is 21.3. The number of esters is 1. The van der Waals surface area contributed by atoms with E-state index in [1.807, 2.05) is 0 Å². The number of allylic oxidation sites excluding steroid dienone is 2. The number of ether oxygens (including phenoxy) is 1. The Morgan fingerprint density at radius 1 is 1.04 bits per heavy atom. The number of carbonyl (C=O) groups is 4. The van der Waals surface area contributed by atoms with Gasteiger partial charge in [0.2, 0.25) is 0 Å². The van der Waals surface area contributed by atoms with Crippen LogP contribution in [0.2, 0.25) is 0 Å². The number of cyclic esters (lactones) is 1. The second-order valence-corrected chi connectivity index (χ2v) is 6.65. The molecule has 0 aliphatic carbocycles. The Morgan fingerprint density at radius 3 is 2.48 bits per heavy atom. The maximum atomic E-state index is 11.8. The molecule has 5 heteroatoms. The minimum absolute atomic E-state index is 0.0179. The highest BCUT2D eigenvalue weighted by molar-refractivity contribution is 5.91. The van der Waals surface area contributed by atoms with E-state index in [-0.39, 0.29) is 48.7 Å². The summed E-state index contributed by atoms with van der Waals surface area (Å²) in [7, 11) is 0. The van der Waals surface area contributed by atoms with Crippen LogP contribution in [-0.2, 0) is 23.9 Å². The summed E-state index contributed by atoms with van der Waals surface area (Å²) in [6.07, 6.45) is 10.3. The van der Waals surface area contributed by atoms with Crippen molar-refractivity contribution in [2.24, 2.45) is 0 Å². The Balaban J connectivity index is 2.05. The van der Waals surface area contributed by atoms with Crippen molar-refractivity contribution in [3.63, 3.8) is 0 Å². The van der Waals surface area contributed by atoms with Crippen molar-refractivity contribution in [2.45, 2.75) is 90.1 Å². The van der Waals surface area contributed by atoms with Crippen LogP contribution in [0.3, 0.4) is 0 Å². The van der Waals surface area contributed by atoms with Gasteiger partial charge in [0.15, 0.2) is 5.78 Å². The van der Waals surface area contributed by atoms with E-state index < -0.39 is 0 Å². The quantitative estimate of drug-likeness (QED) is 0.270. The van der Waals surface area contributed by atoms with E-state index in [0.717, 1.165) is 25.7 Å². The third kappa shape index (κ3) is 10.6. The van der Waals surface area contributed by atoms with Crippen molar-refractivity contribution in [1.29, 1.82) is 0 Å². The van der Waals surface area contributed by atoms with Gasteiger partial charge in [-0.25, -0.2) is 0 Å². The van der Waals surface area contributed by atoms with Gasteiger partial charge < -0.3 is 4.74 Å². The highest BCUT2D eigenvalue weighted by atomic mass is 16.5. The van der Waals surface area contributed by atoms with Gasteiger partial charge in [0.25, 0.3) is 0 Å². The molecule has 0 aromatic carbocycles. The molecule has 0 amide bonds. The second kappa shape index (κ2) is 12.6. The van der Waals surface area contributed by atoms with Crippen LogP contribution in [0.25, 0.3) is 0 Å². The van der Waals surface area contributed by atoms with Crippen molar-refractivity contribution < 1.29 is 23.9 Å². The number of ketones is 3. The predicted octanol–water partition coefficient (Wildman–Crippen LogP) is 3.88. The van der Waals surface area contributed by atoms with Crippen LogP contribution in [0.15, 0.2) is 12.2 Å². The zero-order valence-corrected chi connectivity index (χ0v) is 15.3. The normalized spacial score (nSPS) is 17.0. The van der Waals surface area contributed by atoms with Gasteiger partial charge in [-0.15, -0.1) is 0 Å². The topological polar surface area (TPSA) is 77.5 Å². The molecular formula is C20H30O5. The number of hydrogen-bond acceptors (Lipinski definition) is 5. The number of rotatable bonds is 14. The molecule has 0 spiro atoms. The summed E-state index contributed by atoms with van der Waals surface area (Å²) in [5, 5.41) is 0. The van der Waals surface area contributed by atoms with Gasteiger partial charge in [0.05, 0.1) is 0 Å². The van der Waals surface area contributed by atoms with Crippen molar-refractivity contribution in [2.75, 3.05) is 0 Å². The van der Waals surface area contributed by atoms with Crippen molar-refractivity contribution >= 4 is 23.3 Å². The molecule has 0 aromatic heterocycles. The Bertz CT molecular complexity index is 492. The fourth-order valence-electron chi connectivity index (χ4n) is 2.77. The van der Waals surface area contributed by atoms with Crippen LogP contribution in [0.1, 0.15) is 84.0 Å². The van der Waals surface area contributed by atoms with Gasteiger partial charge in [-0.2, -0.15) is 0 Å². The number of Topliss-reactive ketones (excluding diaryl/α,β-unsaturated/α-hetero) is 2. The summed E-state index contributed by atoms with van der Waals surface area (Å²) in [4.78, 5) is 46.0. The highest BCUT2D eigenvalue weighted by Gasteiger charge is 2.22. The molecule has 0 saturated carbocycles. The van der Waals surface area contributed by atoms with Crippen molar-refractivity contribution in [1.82, 2.24) is 0 Å². The minimum atomic E-state index is -0.154. The monoisotopic (exact) mass is 350 g/mol. The number of carbonyl (C=O) groups excluding carboxylic acids is 4. The second-order valence-electron chi connectivity index (χ2n) is 6.65. The van der Waals surface area contributed by atoms with E-state index in [4.69, 9.17) is 4.74 Å². The van der Waals surface area contributed by atoms with E-state index in [9.17, 15) is 19.2 Å². The maximum absolute atomic E-state index is 11.8. The maximum Gasteiger partial charge on any atom is 0.306 e. The average Bonchev–Trinajstić information content (AvgIpc) is 2.98. The molecule has 1 aliphatic heterocycles. The zero-order chi connectivity index (χ0) is 18.5. The van der Waals surface area contributed by atoms with Crippen LogP contribution in [0, 0.1) is 0 Å². The molecule has 25 heavy (non-hydrogen) atoms. The van der Waals surface area contributed by atoms with Crippen LogP contribution in [0.4, 0.5) is 0 Å². The average molecular weight is 350 g/mol. The summed E-state index contributed by atoms with van der Waals surface area (Å²) in [5.41, 5.74) is 0. The Kier molecular flexibility index (Phi) is 10.7. The minimum Gasteiger partial charge on any atom is -0.462 e. The predicted molar refractivity (Wildman–Crippen MR) is 95.1 cm³/mol. The lowest BCUT2D eigenvalue weighted by Crippen LogP contribution is -2.08. The number of unbranched alkanes of at least 4 members (excludes halogenated alkanes) is 2. The standard InChI is InChI=1S/C20H30O5/c1-2-3-4-7-16(21)8-5-9-17(22)12-13-18(23)10-6-11-19-14-15-20(24)25-19/h5,8,19H,2-4,6-7,9-15H2,1H3. The van der Waals surface area contributed by atoms with Gasteiger partial charge in [-0.05, 0) is 31.8 Å². The summed E-state index contributed by atoms with van der Waals surface area (Å²) in [6, 6.07) is 0. The third-order valence-corrected chi connectivity index (χ3v) is 4.31. The third-order valence-electron chi connectivity index (χ3n) is 4.31. The first-order chi connectivity index (χ1) is 12.0. The molecule has 1 heterocycles. The first-order valence-corrected chi connectivity index (χ1v) is 9.43. The number of hydrogen-bond donors (Lipinski definition) is 0. The van der Waals surface area contributed by atoms with E-state index in [2.05, 4.69) is 6.92 Å². The van der Waals surface area contributed by atoms with Crippen LogP contribution >= 0.6 is 0 Å². The molecule has 1 saturated heterocycles. The van der Waals surface area contributed by atoms with Gasteiger partial charge in [0, 0.05) is 38.5 Å². The smallest absolute Gasteiger partial charge is 0.306 e. The van der Waals surface area contributed by atoms with Crippen LogP contribution in [0.5, 0.6) is 0 Å². The summed E-state index contributed by atoms with van der Waals surface area (Å²) in [5.74, 6) is -0.0447. The molecule has 1 atom stereocenters. The largest absolute Gasteiger partial charge is 0.462 e. The zero-order valence-electron chi connectivity index (χ0n) is 15.3. The lowest BCUT2D eigenvalue weighted by atomic mass is 10.0. The van der Waals surface area contributed by atoms with Gasteiger partial charge >= 0.3 is 5.97 Å². The van der Waals surface area contributed by atoms with Gasteiger partial charge in [-0.3, -0.25) is 19.2 Å². The van der Waals surface area contributed by atoms with Crippen molar-refractivity contribution in [3.8, 4) is 0 Å². The van der Waals surface area contributed by atoms with Crippen LogP contribution in [-0.4, -0.2) is 29.4 Å². The Labute approximate surface area is 150 Å². The highest BCUT2D eigenvalue weighted by Crippen LogP contribution is 2.19. The van der Waals surface area contributed by atoms with E-state index in [0.29, 0.717) is 32.1 Å². The summed E-state index contributed by atoms with van der Waals surface area (Å²) >= 11 is 0. The van der Waals surface area contributed by atoms with E-state index in [1.54, 1.807) is 6.08 Å². The molecule has 1 rings (SSSR count). The molecule has 140 valence electrons. The molecule has 5 nitrogen and oxygen atoms in total. The molecule has 1 aliphatic rings. The lowest BCUT2D eigenvalue weighted by molar-refractivity contribution is -0.141. The lowest BCUT2D eigenvalue weighted by Gasteiger charge is -2.07. The fourth-order valence-corrected chi connectivity index (χ4v) is 2.77. The van der Waals surface area contributed by atoms with Crippen LogP contribution < -0.4 is 0 Å². The van der Waals surface area contributed by atoms with E-state index in [1.165, 1.54) is 6.08 Å². The Hall–Kier alpha value is -1.78. The fraction of sp³-hybridized carbons (Fsp3) is 0.700. The van der Waals surface area contributed by atoms with E-state index >= 15 is 0 Å². The molecule has 0 N–H and O–H groups in total. The first-order valence-electron chi connectivity index (χ1n) is 9.43. The molecule has 0 radical (unpaired) electrons. The Morgan fingerprint density at radius 2 is 1.80 bits per heavy atom. The van der Waals surface area contributed by atoms with Gasteiger partial charge in [0.1, 0.15) is 17.7 Å². The molecule has 1 fully saturated rings. The van der Waals surface area contributed by atoms with Crippen molar-refractivity contribution in [3.05, 3.63) is 12.2 Å². The molecule has 1 unspecified atom stereocenters. The van der Waals surface area contributed by atoms with Gasteiger partial charge in [-0.1, -0.05) is 25.8 Å². The summed E-state index contributed by atoms with van der Waals surface area (Å²) in [6.45, 7) is 2.09. The molecular weight excluding hydrogens is 320 g/mol. The molecule has 0 aromatic rings.